The van der Waals surface area contributed by atoms with Crippen LogP contribution in [0.4, 0.5) is 10.5 Å². The molecule has 2 N–H and O–H groups in total. The summed E-state index contributed by atoms with van der Waals surface area (Å²) in [5.41, 5.74) is 3.25. The molecule has 0 aromatic carbocycles. The smallest absolute Gasteiger partial charge is 0.410 e. The van der Waals surface area contributed by atoms with E-state index in [-0.39, 0.29) is 4.90 Å². The van der Waals surface area contributed by atoms with Crippen LogP contribution in [0.25, 0.3) is 0 Å². The number of rotatable bonds is 1. The lowest BCUT2D eigenvalue weighted by Crippen LogP contribution is -2.50. The molecule has 1 saturated heterocycles. The predicted molar refractivity (Wildman–Crippen MR) is 69.2 cm³/mol. The molecule has 0 radical (unpaired) electrons. The largest absolute Gasteiger partial charge is 0.444 e. The molecule has 1 aromatic heterocycles. The average molecular weight is 257 g/mol. The van der Waals surface area contributed by atoms with Crippen LogP contribution in [0, 0.1) is 0 Å². The van der Waals surface area contributed by atoms with Crippen molar-refractivity contribution in [3.8, 4) is 0 Å². The van der Waals surface area contributed by atoms with Gasteiger partial charge in [-0.15, -0.1) is 0 Å². The van der Waals surface area contributed by atoms with Crippen LogP contribution < -0.4 is 5.73 Å². The molecule has 2 heterocycles. The van der Waals surface area contributed by atoms with Crippen LogP contribution in [-0.2, 0) is 4.74 Å². The molecule has 18 heavy (non-hydrogen) atoms. The van der Waals surface area contributed by atoms with Gasteiger partial charge in [-0.25, -0.2) is 4.79 Å². The number of hydrogen-bond acceptors (Lipinski definition) is 4. The molecule has 98 valence electrons. The first kappa shape index (κ1) is 5.91. The molecule has 5 heteroatoms. The Morgan fingerprint density at radius 2 is 2.39 bits per heavy atom. The van der Waals surface area contributed by atoms with Gasteiger partial charge in [-0.1, -0.05) is 0 Å². The van der Waals surface area contributed by atoms with E-state index in [9.17, 15) is 4.79 Å². The van der Waals surface area contributed by atoms with E-state index in [4.69, 9.17) is 21.4 Å². The SMILES string of the molecule is [2H]c1nc(C2([2H])C([2H])([2H])N(C(=O)OC(C)(C)C)C2([2H])[2H])c([2H])c(N)c1[2H]. The van der Waals surface area contributed by atoms with E-state index in [1.165, 1.54) is 20.8 Å². The van der Waals surface area contributed by atoms with Gasteiger partial charge in [0.1, 0.15) is 5.60 Å². The summed E-state index contributed by atoms with van der Waals surface area (Å²) in [5, 5.41) is 0. The number of ether oxygens (including phenoxy) is 1. The first-order valence-electron chi connectivity index (χ1n) is 9.27. The van der Waals surface area contributed by atoms with Crippen molar-refractivity contribution in [1.29, 1.82) is 0 Å². The second-order valence-electron chi connectivity index (χ2n) is 4.65. The highest BCUT2D eigenvalue weighted by Gasteiger charge is 2.35. The zero-order chi connectivity index (χ0) is 20.5. The van der Waals surface area contributed by atoms with Crippen molar-refractivity contribution in [2.45, 2.75) is 32.3 Å². The molecule has 1 aliphatic heterocycles. The van der Waals surface area contributed by atoms with Gasteiger partial charge in [-0.3, -0.25) is 4.98 Å². The van der Waals surface area contributed by atoms with E-state index in [2.05, 4.69) is 4.98 Å². The third-order valence-electron chi connectivity index (χ3n) is 1.87. The maximum Gasteiger partial charge on any atom is 0.410 e. The third-order valence-corrected chi connectivity index (χ3v) is 1.87. The lowest BCUT2D eigenvalue weighted by atomic mass is 9.96. The van der Waals surface area contributed by atoms with Gasteiger partial charge in [0.15, 0.2) is 0 Å². The number of carbonyl (C=O) groups excluding carboxylic acids is 1. The number of likely N-dealkylation sites (tertiary alicyclic amines) is 1. The summed E-state index contributed by atoms with van der Waals surface area (Å²) in [4.78, 5) is 15.9. The number of hydrogen-bond donors (Lipinski definition) is 1. The van der Waals surface area contributed by atoms with Crippen LogP contribution in [0.3, 0.4) is 0 Å². The minimum atomic E-state index is -2.94. The Hall–Kier alpha value is -1.78. The summed E-state index contributed by atoms with van der Waals surface area (Å²) < 4.78 is 68.8. The summed E-state index contributed by atoms with van der Waals surface area (Å²) in [6, 6.07) is -1.30. The van der Waals surface area contributed by atoms with E-state index >= 15 is 0 Å². The van der Waals surface area contributed by atoms with Crippen molar-refractivity contribution in [3.05, 3.63) is 24.0 Å². The molecule has 1 amide bonds. The fraction of sp³-hybridized carbons (Fsp3) is 0.538. The monoisotopic (exact) mass is 257 g/mol. The van der Waals surface area contributed by atoms with Gasteiger partial charge in [0.2, 0.25) is 0 Å². The Morgan fingerprint density at radius 1 is 1.72 bits per heavy atom. The van der Waals surface area contributed by atoms with Gasteiger partial charge >= 0.3 is 6.09 Å². The number of amides is 1. The highest BCUT2D eigenvalue weighted by atomic mass is 16.6. The first-order chi connectivity index (χ1) is 11.5. The van der Waals surface area contributed by atoms with Gasteiger partial charge in [0, 0.05) is 37.8 Å². The highest BCUT2D eigenvalue weighted by Crippen LogP contribution is 2.27. The Balaban J connectivity index is 2.60. The van der Waals surface area contributed by atoms with Crippen molar-refractivity contribution in [2.24, 2.45) is 0 Å². The number of nitrogens with two attached hydrogens (primary N) is 1. The van der Waals surface area contributed by atoms with Crippen LogP contribution in [0.5, 0.6) is 0 Å². The highest BCUT2D eigenvalue weighted by molar-refractivity contribution is 5.69. The molecular formula is C13H19N3O2. The lowest BCUT2D eigenvalue weighted by Gasteiger charge is -2.39. The van der Waals surface area contributed by atoms with Gasteiger partial charge < -0.3 is 15.4 Å². The Bertz CT molecular complexity index is 762. The lowest BCUT2D eigenvalue weighted by molar-refractivity contribution is 0.00788. The van der Waals surface area contributed by atoms with E-state index in [1.54, 1.807) is 0 Å². The summed E-state index contributed by atoms with van der Waals surface area (Å²) >= 11 is 0. The topological polar surface area (TPSA) is 68.5 Å². The molecule has 1 aliphatic rings. The maximum absolute atomic E-state index is 12.2. The van der Waals surface area contributed by atoms with Crippen LogP contribution in [0.2, 0.25) is 0 Å². The maximum atomic E-state index is 12.2. The molecule has 0 saturated carbocycles. The van der Waals surface area contributed by atoms with Crippen molar-refractivity contribution < 1.29 is 20.5 Å². The fourth-order valence-corrected chi connectivity index (χ4v) is 1.18. The third kappa shape index (κ3) is 2.91. The van der Waals surface area contributed by atoms with Crippen LogP contribution in [-0.4, -0.2) is 34.6 Å². The number of pyridine rings is 1. The van der Waals surface area contributed by atoms with E-state index < -0.39 is 60.2 Å². The van der Waals surface area contributed by atoms with E-state index in [0.717, 1.165) is 0 Å². The molecule has 2 rings (SSSR count). The Labute approximate surface area is 118 Å². The van der Waals surface area contributed by atoms with Crippen LogP contribution in [0.15, 0.2) is 18.3 Å². The molecule has 0 unspecified atom stereocenters. The molecule has 1 fully saturated rings. The number of nitrogen functional groups attached to an aromatic ring is 1. The molecular weight excluding hydrogens is 230 g/mol. The number of aromatic nitrogens is 1. The first-order valence-corrected chi connectivity index (χ1v) is 5.27. The van der Waals surface area contributed by atoms with Crippen molar-refractivity contribution in [2.75, 3.05) is 18.7 Å². The normalized spacial score (nSPS) is 30.1. The summed E-state index contributed by atoms with van der Waals surface area (Å²) in [6.07, 6.45) is -2.03. The van der Waals surface area contributed by atoms with E-state index in [1.807, 2.05) is 0 Å². The van der Waals surface area contributed by atoms with Crippen molar-refractivity contribution in [3.63, 3.8) is 0 Å². The number of anilines is 1. The summed E-state index contributed by atoms with van der Waals surface area (Å²) in [6.45, 7) is -1.32. The van der Waals surface area contributed by atoms with E-state index in [0.29, 0.717) is 0 Å². The Morgan fingerprint density at radius 3 is 3.00 bits per heavy atom. The van der Waals surface area contributed by atoms with Crippen molar-refractivity contribution in [1.82, 2.24) is 9.88 Å². The minimum Gasteiger partial charge on any atom is -0.444 e. The quantitative estimate of drug-likeness (QED) is 0.835. The van der Waals surface area contributed by atoms with Gasteiger partial charge in [0.25, 0.3) is 0 Å². The van der Waals surface area contributed by atoms with Gasteiger partial charge in [0.05, 0.1) is 9.60 Å². The number of nitrogens with zero attached hydrogens (tertiary/aromatic N) is 2. The zero-order valence-electron chi connectivity index (χ0n) is 18.3. The van der Waals surface area contributed by atoms with Gasteiger partial charge in [-0.2, -0.15) is 0 Å². The zero-order valence-corrected chi connectivity index (χ0v) is 10.3. The number of carbonyl (C=O) groups is 1. The summed E-state index contributed by atoms with van der Waals surface area (Å²) in [7, 11) is 0. The second kappa shape index (κ2) is 4.48. The molecule has 0 atom stereocenters. The fourth-order valence-electron chi connectivity index (χ4n) is 1.18. The van der Waals surface area contributed by atoms with Crippen LogP contribution >= 0.6 is 0 Å². The standard InChI is InChI=1S/C13H19N3O2/c1-13(2,3)18-12(17)16-7-9(8-16)11-6-10(14)4-5-15-11/h4-6,9H,7-8H2,1-3H3,(H2,14,15)/i4D,5D,6D,7D2,8D2,9D. The van der Waals surface area contributed by atoms with Crippen LogP contribution in [0.1, 0.15) is 43.3 Å². The van der Waals surface area contributed by atoms with Crippen molar-refractivity contribution >= 4 is 11.8 Å². The summed E-state index contributed by atoms with van der Waals surface area (Å²) in [5.74, 6) is -2.84. The molecule has 5 nitrogen and oxygen atoms in total. The molecule has 1 aromatic rings. The molecule has 0 spiro atoms. The molecule has 0 bridgehead atoms. The Kier molecular flexibility index (Phi) is 1.47. The van der Waals surface area contributed by atoms with Gasteiger partial charge in [-0.05, 0) is 32.9 Å². The molecule has 0 aliphatic carbocycles. The minimum absolute atomic E-state index is 0.133. The predicted octanol–water partition coefficient (Wildman–Crippen LogP) is 2.00. The second-order valence-corrected chi connectivity index (χ2v) is 4.65. The average Bonchev–Trinajstić information content (AvgIpc) is 2.45.